The summed E-state index contributed by atoms with van der Waals surface area (Å²) >= 11 is 0. The third-order valence-corrected chi connectivity index (χ3v) is 5.57. The van der Waals surface area contributed by atoms with Crippen molar-refractivity contribution in [3.63, 3.8) is 0 Å². The zero-order valence-corrected chi connectivity index (χ0v) is 15.8. The van der Waals surface area contributed by atoms with Gasteiger partial charge in [0.15, 0.2) is 5.82 Å². The maximum atomic E-state index is 13.2. The Morgan fingerprint density at radius 1 is 1.23 bits per heavy atom. The molecule has 1 aliphatic heterocycles. The fourth-order valence-electron chi connectivity index (χ4n) is 2.52. The molecular weight excluding hydrogens is 356 g/mol. The van der Waals surface area contributed by atoms with Crippen LogP contribution in [-0.2, 0) is 16.0 Å². The molecule has 0 spiro atoms. The van der Waals surface area contributed by atoms with Gasteiger partial charge in [-0.2, -0.15) is 4.98 Å². The van der Waals surface area contributed by atoms with E-state index in [1.807, 2.05) is 29.3 Å². The molecule has 26 heavy (non-hydrogen) atoms. The van der Waals surface area contributed by atoms with Gasteiger partial charge in [0, 0.05) is 35.8 Å². The molecule has 140 valence electrons. The molecule has 1 aliphatic rings. The van der Waals surface area contributed by atoms with E-state index >= 15 is 0 Å². The Bertz CT molecular complexity index is 790. The van der Waals surface area contributed by atoms with E-state index in [2.05, 4.69) is 20.7 Å². The van der Waals surface area contributed by atoms with Crippen LogP contribution in [0.4, 0.5) is 21.8 Å². The Hall–Kier alpha value is -2.02. The van der Waals surface area contributed by atoms with Crippen LogP contribution in [0.1, 0.15) is 5.56 Å². The maximum Gasteiger partial charge on any atom is 0.229 e. The lowest BCUT2D eigenvalue weighted by molar-refractivity contribution is 0.0494. The van der Waals surface area contributed by atoms with Crippen LogP contribution in [0.5, 0.6) is 0 Å². The smallest absolute Gasteiger partial charge is 0.229 e. The summed E-state index contributed by atoms with van der Waals surface area (Å²) < 4.78 is 30.6. The van der Waals surface area contributed by atoms with Gasteiger partial charge in [0.2, 0.25) is 5.95 Å². The monoisotopic (exact) mass is 379 g/mol. The first-order valence-corrected chi connectivity index (χ1v) is 11.0. The number of anilines is 3. The average Bonchev–Trinajstić information content (AvgIpc) is 2.63. The Labute approximate surface area is 152 Å². The molecular formula is C17H23FN5O2P. The van der Waals surface area contributed by atoms with Gasteiger partial charge in [-0.3, -0.25) is 0 Å². The molecule has 2 aromatic rings. The summed E-state index contributed by atoms with van der Waals surface area (Å²) in [6.07, 6.45) is 1.47. The number of hydrogen-bond donors (Lipinski definition) is 2. The summed E-state index contributed by atoms with van der Waals surface area (Å²) in [4.78, 5) is 8.56. The number of nitrogens with zero attached hydrogens (tertiary/aromatic N) is 3. The Kier molecular flexibility index (Phi) is 5.86. The van der Waals surface area contributed by atoms with Crippen LogP contribution in [0.3, 0.4) is 0 Å². The third kappa shape index (κ3) is 4.78. The first kappa shape index (κ1) is 18.8. The van der Waals surface area contributed by atoms with Crippen LogP contribution in [-0.4, -0.2) is 54.6 Å². The fraction of sp³-hybridized carbons (Fsp3) is 0.412. The number of halogens is 1. The minimum absolute atomic E-state index is 0.363. The molecule has 0 saturated carbocycles. The molecule has 2 N–H and O–H groups in total. The topological polar surface area (TPSA) is 79.4 Å². The molecule has 0 amide bonds. The lowest BCUT2D eigenvalue weighted by atomic mass is 10.3. The van der Waals surface area contributed by atoms with Crippen LogP contribution < -0.4 is 16.0 Å². The van der Waals surface area contributed by atoms with Gasteiger partial charge in [0.05, 0.1) is 13.2 Å². The quantitative estimate of drug-likeness (QED) is 0.747. The molecule has 1 aromatic carbocycles. The second kappa shape index (κ2) is 8.12. The number of alkyl halides is 1. The van der Waals surface area contributed by atoms with Crippen molar-refractivity contribution in [2.75, 3.05) is 50.4 Å². The predicted molar refractivity (Wildman–Crippen MR) is 102 cm³/mol. The van der Waals surface area contributed by atoms with Crippen molar-refractivity contribution in [3.8, 4) is 0 Å². The molecule has 0 radical (unpaired) electrons. The van der Waals surface area contributed by atoms with E-state index in [1.54, 1.807) is 13.3 Å². The van der Waals surface area contributed by atoms with Gasteiger partial charge in [0.1, 0.15) is 13.8 Å². The lowest BCUT2D eigenvalue weighted by Gasteiger charge is -2.28. The van der Waals surface area contributed by atoms with Crippen LogP contribution in [0.15, 0.2) is 30.5 Å². The average molecular weight is 379 g/mol. The van der Waals surface area contributed by atoms with Crippen molar-refractivity contribution in [2.24, 2.45) is 0 Å². The molecule has 0 unspecified atom stereocenters. The molecule has 7 nitrogen and oxygen atoms in total. The molecule has 1 fully saturated rings. The fourth-order valence-corrected chi connectivity index (χ4v) is 3.39. The maximum absolute atomic E-state index is 13.2. The van der Waals surface area contributed by atoms with Crippen molar-refractivity contribution in [1.82, 2.24) is 15.0 Å². The number of hydrogen-bond acceptors (Lipinski definition) is 7. The van der Waals surface area contributed by atoms with Crippen molar-refractivity contribution in [1.29, 1.82) is 0 Å². The molecule has 9 heteroatoms. The molecule has 1 saturated heterocycles. The standard InChI is InChI=1S/C17H23FN5O2P/c1-26(2,24)15-5-3-14(4-6-15)20-17-19-12-13(11-18)16(21-17)22-23-7-9-25-10-8-23/h3-6,12H,7-11H2,1-2H3,(H2,19,20,21,22). The minimum atomic E-state index is -2.29. The number of hydrazine groups is 1. The summed E-state index contributed by atoms with van der Waals surface area (Å²) in [5.41, 5.74) is 4.31. The van der Waals surface area contributed by atoms with E-state index < -0.39 is 13.8 Å². The van der Waals surface area contributed by atoms with Crippen LogP contribution in [0.2, 0.25) is 0 Å². The number of nitrogens with one attached hydrogen (secondary N) is 2. The summed E-state index contributed by atoms with van der Waals surface area (Å²) in [6, 6.07) is 7.31. The molecule has 1 aromatic heterocycles. The van der Waals surface area contributed by atoms with Crippen molar-refractivity contribution >= 4 is 29.9 Å². The van der Waals surface area contributed by atoms with Gasteiger partial charge in [-0.05, 0) is 37.6 Å². The van der Waals surface area contributed by atoms with Gasteiger partial charge in [-0.25, -0.2) is 14.4 Å². The number of ether oxygens (including phenoxy) is 1. The first-order valence-electron chi connectivity index (χ1n) is 8.39. The molecule has 3 rings (SSSR count). The van der Waals surface area contributed by atoms with E-state index in [9.17, 15) is 8.96 Å². The Balaban J connectivity index is 1.75. The van der Waals surface area contributed by atoms with Crippen molar-refractivity contribution in [3.05, 3.63) is 36.0 Å². The van der Waals surface area contributed by atoms with Gasteiger partial charge < -0.3 is 20.0 Å². The molecule has 0 bridgehead atoms. The highest BCUT2D eigenvalue weighted by molar-refractivity contribution is 7.70. The third-order valence-electron chi connectivity index (χ3n) is 4.03. The number of aromatic nitrogens is 2. The second-order valence-electron chi connectivity index (χ2n) is 6.44. The van der Waals surface area contributed by atoms with Gasteiger partial charge in [-0.15, -0.1) is 0 Å². The van der Waals surface area contributed by atoms with E-state index in [4.69, 9.17) is 4.74 Å². The van der Waals surface area contributed by atoms with Gasteiger partial charge >= 0.3 is 0 Å². The summed E-state index contributed by atoms with van der Waals surface area (Å²) in [6.45, 7) is 5.47. The molecule has 0 atom stereocenters. The zero-order chi connectivity index (χ0) is 18.6. The highest BCUT2D eigenvalue weighted by Crippen LogP contribution is 2.34. The first-order chi connectivity index (χ1) is 12.5. The van der Waals surface area contributed by atoms with Crippen LogP contribution in [0.25, 0.3) is 0 Å². The molecule has 2 heterocycles. The van der Waals surface area contributed by atoms with E-state index in [1.165, 1.54) is 6.20 Å². The predicted octanol–water partition coefficient (Wildman–Crippen LogP) is 2.60. The number of benzene rings is 1. The van der Waals surface area contributed by atoms with E-state index in [0.29, 0.717) is 43.6 Å². The SMILES string of the molecule is CP(C)(=O)c1ccc(Nc2ncc(CF)c(NN3CCOCC3)n2)cc1. The summed E-state index contributed by atoms with van der Waals surface area (Å²) in [7, 11) is -2.29. The van der Waals surface area contributed by atoms with Crippen molar-refractivity contribution < 1.29 is 13.7 Å². The number of morpholine rings is 1. The molecule has 0 aliphatic carbocycles. The highest BCUT2D eigenvalue weighted by atomic mass is 31.2. The Morgan fingerprint density at radius 3 is 2.54 bits per heavy atom. The zero-order valence-electron chi connectivity index (χ0n) is 14.9. The summed E-state index contributed by atoms with van der Waals surface area (Å²) in [5, 5.41) is 5.85. The van der Waals surface area contributed by atoms with Gasteiger partial charge in [0.25, 0.3) is 0 Å². The van der Waals surface area contributed by atoms with Crippen molar-refractivity contribution in [2.45, 2.75) is 6.67 Å². The summed E-state index contributed by atoms with van der Waals surface area (Å²) in [5.74, 6) is 0.803. The number of rotatable bonds is 6. The minimum Gasteiger partial charge on any atom is -0.379 e. The largest absolute Gasteiger partial charge is 0.379 e. The highest BCUT2D eigenvalue weighted by Gasteiger charge is 2.15. The van der Waals surface area contributed by atoms with Crippen LogP contribution >= 0.6 is 7.14 Å². The van der Waals surface area contributed by atoms with E-state index in [-0.39, 0.29) is 0 Å². The Morgan fingerprint density at radius 2 is 1.92 bits per heavy atom. The van der Waals surface area contributed by atoms with Crippen LogP contribution in [0, 0.1) is 0 Å². The normalized spacial score (nSPS) is 15.7. The second-order valence-corrected chi connectivity index (χ2v) is 9.65. The lowest BCUT2D eigenvalue weighted by Crippen LogP contribution is -2.40. The van der Waals surface area contributed by atoms with Gasteiger partial charge in [-0.1, -0.05) is 0 Å². The van der Waals surface area contributed by atoms with E-state index in [0.717, 1.165) is 11.0 Å².